The zero-order valence-electron chi connectivity index (χ0n) is 11.9. The van der Waals surface area contributed by atoms with Crippen LogP contribution in [0.1, 0.15) is 26.2 Å². The molecule has 1 rings (SSSR count). The highest BCUT2D eigenvalue weighted by atomic mass is 35.5. The van der Waals surface area contributed by atoms with Crippen molar-refractivity contribution in [1.29, 1.82) is 0 Å². The highest BCUT2D eigenvalue weighted by Crippen LogP contribution is 2.17. The summed E-state index contributed by atoms with van der Waals surface area (Å²) >= 11 is 0. The molecule has 0 aromatic heterocycles. The van der Waals surface area contributed by atoms with E-state index in [2.05, 4.69) is 12.2 Å². The molecule has 1 unspecified atom stereocenters. The van der Waals surface area contributed by atoms with Gasteiger partial charge in [-0.1, -0.05) is 19.8 Å². The predicted octanol–water partition coefficient (Wildman–Crippen LogP) is 2.40. The lowest BCUT2D eigenvalue weighted by molar-refractivity contribution is -0.123. The maximum atomic E-state index is 13.3. The van der Waals surface area contributed by atoms with Crippen molar-refractivity contribution in [2.75, 3.05) is 13.2 Å². The third-order valence-electron chi connectivity index (χ3n) is 2.81. The van der Waals surface area contributed by atoms with Gasteiger partial charge in [-0.3, -0.25) is 4.79 Å². The van der Waals surface area contributed by atoms with Crippen LogP contribution >= 0.6 is 12.4 Å². The molecule has 0 spiro atoms. The summed E-state index contributed by atoms with van der Waals surface area (Å²) < 4.78 is 31.0. The van der Waals surface area contributed by atoms with Crippen molar-refractivity contribution in [1.82, 2.24) is 5.32 Å². The van der Waals surface area contributed by atoms with Crippen molar-refractivity contribution in [2.45, 2.75) is 32.2 Å². The number of hydrogen-bond acceptors (Lipinski definition) is 3. The van der Waals surface area contributed by atoms with Crippen molar-refractivity contribution in [3.05, 3.63) is 29.8 Å². The van der Waals surface area contributed by atoms with E-state index in [1.165, 1.54) is 0 Å². The Labute approximate surface area is 129 Å². The summed E-state index contributed by atoms with van der Waals surface area (Å²) in [6, 6.07) is 2.82. The van der Waals surface area contributed by atoms with E-state index >= 15 is 0 Å². The van der Waals surface area contributed by atoms with Crippen molar-refractivity contribution < 1.29 is 18.3 Å². The van der Waals surface area contributed by atoms with E-state index in [1.807, 2.05) is 0 Å². The molecule has 120 valence electrons. The van der Waals surface area contributed by atoms with Crippen LogP contribution in [-0.2, 0) is 4.79 Å². The summed E-state index contributed by atoms with van der Waals surface area (Å²) in [7, 11) is 0. The zero-order chi connectivity index (χ0) is 15.0. The molecule has 0 bridgehead atoms. The second-order valence-corrected chi connectivity index (χ2v) is 4.51. The largest absolute Gasteiger partial charge is 0.481 e. The molecule has 3 N–H and O–H groups in total. The lowest BCUT2D eigenvalue weighted by Gasteiger charge is -2.16. The van der Waals surface area contributed by atoms with Crippen molar-refractivity contribution >= 4 is 18.3 Å². The van der Waals surface area contributed by atoms with Crippen molar-refractivity contribution in [3.8, 4) is 5.75 Å². The molecule has 0 radical (unpaired) electrons. The summed E-state index contributed by atoms with van der Waals surface area (Å²) in [6.45, 7) is 2.07. The van der Waals surface area contributed by atoms with E-state index < -0.39 is 11.6 Å². The number of hydrogen-bond donors (Lipinski definition) is 2. The molecule has 0 fully saturated rings. The van der Waals surface area contributed by atoms with Crippen molar-refractivity contribution in [3.63, 3.8) is 0 Å². The number of carbonyl (C=O) groups is 1. The van der Waals surface area contributed by atoms with Gasteiger partial charge in [0.25, 0.3) is 5.91 Å². The van der Waals surface area contributed by atoms with Crippen LogP contribution in [0, 0.1) is 11.6 Å². The number of nitrogens with two attached hydrogens (primary N) is 1. The molecule has 0 aliphatic heterocycles. The first-order valence-electron chi connectivity index (χ1n) is 6.64. The van der Waals surface area contributed by atoms with E-state index in [0.717, 1.165) is 31.4 Å². The van der Waals surface area contributed by atoms with Crippen LogP contribution in [0.5, 0.6) is 5.75 Å². The van der Waals surface area contributed by atoms with Crippen LogP contribution in [0.25, 0.3) is 0 Å². The van der Waals surface area contributed by atoms with Gasteiger partial charge in [-0.2, -0.15) is 0 Å². The van der Waals surface area contributed by atoms with Gasteiger partial charge < -0.3 is 15.8 Å². The maximum absolute atomic E-state index is 13.3. The summed E-state index contributed by atoms with van der Waals surface area (Å²) in [4.78, 5) is 11.6. The molecular weight excluding hydrogens is 302 g/mol. The van der Waals surface area contributed by atoms with Crippen LogP contribution < -0.4 is 15.8 Å². The second-order valence-electron chi connectivity index (χ2n) is 4.51. The Balaban J connectivity index is 0.00000400. The number of amides is 1. The van der Waals surface area contributed by atoms with Crippen LogP contribution in [-0.4, -0.2) is 25.1 Å². The van der Waals surface area contributed by atoms with E-state index in [-0.39, 0.29) is 36.7 Å². The Kier molecular flexibility index (Phi) is 9.65. The topological polar surface area (TPSA) is 64.3 Å². The fraction of sp³-hybridized carbons (Fsp3) is 0.500. The standard InChI is InChI=1S/C14H20F2N2O2.ClH/c1-2-3-4-11(8-17)18-14(19)9-20-13-6-5-10(15)7-12(13)16;/h5-7,11H,2-4,8-9,17H2,1H3,(H,18,19);1H. The molecule has 21 heavy (non-hydrogen) atoms. The van der Waals surface area contributed by atoms with Crippen LogP contribution in [0.3, 0.4) is 0 Å². The zero-order valence-corrected chi connectivity index (χ0v) is 12.7. The number of unbranched alkanes of at least 4 members (excludes halogenated alkanes) is 1. The molecule has 0 saturated heterocycles. The Hall–Kier alpha value is -1.40. The van der Waals surface area contributed by atoms with Crippen LogP contribution in [0.2, 0.25) is 0 Å². The number of rotatable bonds is 8. The van der Waals surface area contributed by atoms with Gasteiger partial charge >= 0.3 is 0 Å². The fourth-order valence-electron chi connectivity index (χ4n) is 1.70. The van der Waals surface area contributed by atoms with Gasteiger partial charge in [-0.15, -0.1) is 12.4 Å². The molecule has 0 saturated carbocycles. The smallest absolute Gasteiger partial charge is 0.258 e. The molecule has 1 amide bonds. The number of ether oxygens (including phenoxy) is 1. The van der Waals surface area contributed by atoms with E-state index in [9.17, 15) is 13.6 Å². The highest BCUT2D eigenvalue weighted by molar-refractivity contribution is 5.85. The summed E-state index contributed by atoms with van der Waals surface area (Å²) in [5.41, 5.74) is 5.55. The predicted molar refractivity (Wildman–Crippen MR) is 79.6 cm³/mol. The number of carbonyl (C=O) groups excluding carboxylic acids is 1. The van der Waals surface area contributed by atoms with Crippen LogP contribution in [0.15, 0.2) is 18.2 Å². The lowest BCUT2D eigenvalue weighted by Crippen LogP contribution is -2.42. The minimum absolute atomic E-state index is 0. The van der Waals surface area contributed by atoms with Gasteiger partial charge in [0.15, 0.2) is 18.2 Å². The average Bonchev–Trinajstić information content (AvgIpc) is 2.42. The van der Waals surface area contributed by atoms with Gasteiger partial charge in [-0.25, -0.2) is 8.78 Å². The van der Waals surface area contributed by atoms with Gasteiger partial charge in [0.1, 0.15) is 5.82 Å². The molecule has 0 heterocycles. The third-order valence-corrected chi connectivity index (χ3v) is 2.81. The lowest BCUT2D eigenvalue weighted by atomic mass is 10.1. The highest BCUT2D eigenvalue weighted by Gasteiger charge is 2.12. The first-order chi connectivity index (χ1) is 9.56. The normalized spacial score (nSPS) is 11.4. The fourth-order valence-corrected chi connectivity index (χ4v) is 1.70. The molecule has 0 aliphatic carbocycles. The number of halogens is 3. The molecule has 1 aromatic carbocycles. The summed E-state index contributed by atoms with van der Waals surface area (Å²) in [5.74, 6) is -2.05. The Morgan fingerprint density at radius 1 is 1.43 bits per heavy atom. The average molecular weight is 323 g/mol. The van der Waals surface area contributed by atoms with Crippen molar-refractivity contribution in [2.24, 2.45) is 5.73 Å². The SMILES string of the molecule is CCCCC(CN)NC(=O)COc1ccc(F)cc1F.Cl. The molecule has 1 atom stereocenters. The molecular formula is C14H21ClF2N2O2. The second kappa shape index (κ2) is 10.3. The van der Waals surface area contributed by atoms with Gasteiger partial charge in [0, 0.05) is 18.7 Å². The first-order valence-corrected chi connectivity index (χ1v) is 6.64. The van der Waals surface area contributed by atoms with Crippen LogP contribution in [0.4, 0.5) is 8.78 Å². The quantitative estimate of drug-likeness (QED) is 0.772. The Morgan fingerprint density at radius 2 is 2.14 bits per heavy atom. The first kappa shape index (κ1) is 19.6. The maximum Gasteiger partial charge on any atom is 0.258 e. The number of benzene rings is 1. The van der Waals surface area contributed by atoms with Gasteiger partial charge in [0.2, 0.25) is 0 Å². The third kappa shape index (κ3) is 7.24. The minimum Gasteiger partial charge on any atom is -0.481 e. The van der Waals surface area contributed by atoms with Gasteiger partial charge in [0.05, 0.1) is 0 Å². The van der Waals surface area contributed by atoms with Gasteiger partial charge in [-0.05, 0) is 18.6 Å². The Bertz CT molecular complexity index is 447. The van der Waals surface area contributed by atoms with E-state index in [0.29, 0.717) is 12.6 Å². The van der Waals surface area contributed by atoms with E-state index in [4.69, 9.17) is 10.5 Å². The summed E-state index contributed by atoms with van der Waals surface area (Å²) in [6.07, 6.45) is 2.78. The molecule has 7 heteroatoms. The minimum atomic E-state index is -0.834. The van der Waals surface area contributed by atoms with E-state index in [1.54, 1.807) is 0 Å². The number of nitrogens with one attached hydrogen (secondary N) is 1. The molecule has 0 aliphatic rings. The molecule has 4 nitrogen and oxygen atoms in total. The summed E-state index contributed by atoms with van der Waals surface area (Å²) in [5, 5.41) is 2.72. The Morgan fingerprint density at radius 3 is 2.71 bits per heavy atom. The molecule has 1 aromatic rings. The monoisotopic (exact) mass is 322 g/mol.